The van der Waals surface area contributed by atoms with Crippen molar-refractivity contribution in [3.63, 3.8) is 0 Å². The summed E-state index contributed by atoms with van der Waals surface area (Å²) >= 11 is 5.78. The van der Waals surface area contributed by atoms with Crippen molar-refractivity contribution in [2.45, 2.75) is 26.4 Å². The highest BCUT2D eigenvalue weighted by Crippen LogP contribution is 2.37. The average Bonchev–Trinajstić information content (AvgIpc) is 2.41. The van der Waals surface area contributed by atoms with Crippen LogP contribution in [0.3, 0.4) is 0 Å². The van der Waals surface area contributed by atoms with Gasteiger partial charge >= 0.3 is 6.18 Å². The van der Waals surface area contributed by atoms with E-state index in [9.17, 15) is 13.2 Å². The summed E-state index contributed by atoms with van der Waals surface area (Å²) in [7, 11) is 0. The number of hydrogen-bond acceptors (Lipinski definition) is 1. The molecule has 1 aromatic heterocycles. The molecule has 0 N–H and O–H groups in total. The summed E-state index contributed by atoms with van der Waals surface area (Å²) in [5, 5.41) is 0.450. The van der Waals surface area contributed by atoms with Gasteiger partial charge in [0, 0.05) is 11.8 Å². The molecule has 0 saturated heterocycles. The maximum Gasteiger partial charge on any atom is 0.416 e. The van der Waals surface area contributed by atoms with Crippen molar-refractivity contribution in [1.82, 2.24) is 4.98 Å². The third kappa shape index (κ3) is 3.56. The Balaban J connectivity index is 2.63. The van der Waals surface area contributed by atoms with Gasteiger partial charge in [0.1, 0.15) is 0 Å². The van der Waals surface area contributed by atoms with Crippen LogP contribution in [0.25, 0.3) is 11.3 Å². The second-order valence-corrected chi connectivity index (χ2v) is 5.22. The van der Waals surface area contributed by atoms with Crippen LogP contribution in [-0.4, -0.2) is 4.98 Å². The molecule has 0 aliphatic carbocycles. The van der Waals surface area contributed by atoms with Gasteiger partial charge in [0.25, 0.3) is 0 Å². The van der Waals surface area contributed by atoms with Crippen molar-refractivity contribution in [3.05, 3.63) is 58.6 Å². The molecule has 0 atom stereocenters. The quantitative estimate of drug-likeness (QED) is 0.729. The summed E-state index contributed by atoms with van der Waals surface area (Å²) in [6, 6.07) is 6.20. The Morgan fingerprint density at radius 3 is 2.48 bits per heavy atom. The minimum atomic E-state index is -4.38. The fourth-order valence-corrected chi connectivity index (χ4v) is 2.34. The van der Waals surface area contributed by atoms with Gasteiger partial charge < -0.3 is 0 Å². The predicted molar refractivity (Wildman–Crippen MR) is 78.1 cm³/mol. The molecule has 0 unspecified atom stereocenters. The normalized spacial score (nSPS) is 11.7. The fourth-order valence-electron chi connectivity index (χ4n) is 2.22. The van der Waals surface area contributed by atoms with Crippen molar-refractivity contribution in [2.24, 2.45) is 0 Å². The lowest BCUT2D eigenvalue weighted by atomic mass is 9.94. The van der Waals surface area contributed by atoms with E-state index in [4.69, 9.17) is 11.6 Å². The molecule has 2 aromatic rings. The van der Waals surface area contributed by atoms with Crippen molar-refractivity contribution >= 4 is 11.6 Å². The van der Waals surface area contributed by atoms with Gasteiger partial charge in [0.2, 0.25) is 0 Å². The van der Waals surface area contributed by atoms with Crippen LogP contribution in [0.5, 0.6) is 0 Å². The van der Waals surface area contributed by atoms with Gasteiger partial charge in [0.05, 0.1) is 16.3 Å². The summed E-state index contributed by atoms with van der Waals surface area (Å²) in [6.07, 6.45) is -0.648. The van der Waals surface area contributed by atoms with E-state index in [1.165, 1.54) is 19.2 Å². The van der Waals surface area contributed by atoms with Gasteiger partial charge in [-0.05, 0) is 55.2 Å². The number of hydrogen-bond donors (Lipinski definition) is 0. The number of alkyl halides is 3. The molecule has 1 radical (unpaired) electrons. The largest absolute Gasteiger partial charge is 0.416 e. The zero-order chi connectivity index (χ0) is 15.6. The molecule has 5 heteroatoms. The molecule has 1 heterocycles. The maximum absolute atomic E-state index is 13.2. The molecule has 21 heavy (non-hydrogen) atoms. The van der Waals surface area contributed by atoms with Crippen LogP contribution < -0.4 is 0 Å². The highest BCUT2D eigenvalue weighted by atomic mass is 35.5. The summed E-state index contributed by atoms with van der Waals surface area (Å²) in [5.41, 5.74) is 1.15. The summed E-state index contributed by atoms with van der Waals surface area (Å²) in [5.74, 6) is 0. The van der Waals surface area contributed by atoms with Crippen LogP contribution in [0.15, 0.2) is 30.5 Å². The van der Waals surface area contributed by atoms with Crippen LogP contribution in [0, 0.1) is 13.3 Å². The standard InChI is InChI=1S/C16H14ClF3N/c1-3-4-11-7-13(15-6-5-12(17)9-21-15)10(2)14(8-11)16(18,19)20/h3,5-9H,4H2,1-2H3. The van der Waals surface area contributed by atoms with E-state index in [0.29, 0.717) is 28.3 Å². The first-order valence-corrected chi connectivity index (χ1v) is 6.81. The molecule has 0 amide bonds. The Bertz CT molecular complexity index is 633. The van der Waals surface area contributed by atoms with Gasteiger partial charge in [0.15, 0.2) is 0 Å². The Labute approximate surface area is 126 Å². The smallest absolute Gasteiger partial charge is 0.255 e. The molecule has 1 nitrogen and oxygen atoms in total. The molecule has 111 valence electrons. The molecule has 2 rings (SSSR count). The second-order valence-electron chi connectivity index (χ2n) is 4.79. The minimum absolute atomic E-state index is 0.178. The Kier molecular flexibility index (Phi) is 4.57. The molecule has 0 aliphatic heterocycles. The number of pyridine rings is 1. The lowest BCUT2D eigenvalue weighted by Crippen LogP contribution is -2.09. The average molecular weight is 313 g/mol. The lowest BCUT2D eigenvalue weighted by Gasteiger charge is -2.16. The van der Waals surface area contributed by atoms with Gasteiger partial charge in [-0.2, -0.15) is 13.2 Å². The van der Waals surface area contributed by atoms with Gasteiger partial charge in [-0.25, -0.2) is 0 Å². The molecule has 0 saturated carbocycles. The Morgan fingerprint density at radius 1 is 1.24 bits per heavy atom. The van der Waals surface area contributed by atoms with Gasteiger partial charge in [-0.1, -0.05) is 18.5 Å². The van der Waals surface area contributed by atoms with E-state index in [2.05, 4.69) is 4.98 Å². The number of halogens is 4. The van der Waals surface area contributed by atoms with Crippen LogP contribution in [0.1, 0.15) is 23.6 Å². The third-order valence-electron chi connectivity index (χ3n) is 3.22. The van der Waals surface area contributed by atoms with Crippen molar-refractivity contribution in [3.8, 4) is 11.3 Å². The Hall–Kier alpha value is -1.55. The van der Waals surface area contributed by atoms with Crippen LogP contribution in [-0.2, 0) is 12.6 Å². The molecule has 0 spiro atoms. The molecule has 0 aliphatic rings. The maximum atomic E-state index is 13.2. The topological polar surface area (TPSA) is 12.9 Å². The second kappa shape index (κ2) is 6.06. The van der Waals surface area contributed by atoms with Crippen LogP contribution in [0.4, 0.5) is 13.2 Å². The number of benzene rings is 1. The minimum Gasteiger partial charge on any atom is -0.255 e. The van der Waals surface area contributed by atoms with Crippen molar-refractivity contribution in [2.75, 3.05) is 0 Å². The van der Waals surface area contributed by atoms with E-state index >= 15 is 0 Å². The van der Waals surface area contributed by atoms with E-state index in [1.807, 2.05) is 13.3 Å². The van der Waals surface area contributed by atoms with E-state index < -0.39 is 11.7 Å². The van der Waals surface area contributed by atoms with Crippen molar-refractivity contribution in [1.29, 1.82) is 0 Å². The molecule has 0 bridgehead atoms. The van der Waals surface area contributed by atoms with E-state index in [-0.39, 0.29) is 5.56 Å². The number of nitrogens with zero attached hydrogens (tertiary/aromatic N) is 1. The Morgan fingerprint density at radius 2 is 1.95 bits per heavy atom. The third-order valence-corrected chi connectivity index (χ3v) is 3.44. The first-order chi connectivity index (χ1) is 9.82. The van der Waals surface area contributed by atoms with Crippen LogP contribution in [0.2, 0.25) is 5.02 Å². The summed E-state index contributed by atoms with van der Waals surface area (Å²) in [4.78, 5) is 4.12. The fraction of sp³-hybridized carbons (Fsp3) is 0.250. The van der Waals surface area contributed by atoms with E-state index in [1.54, 1.807) is 18.2 Å². The van der Waals surface area contributed by atoms with E-state index in [0.717, 1.165) is 0 Å². The highest BCUT2D eigenvalue weighted by Gasteiger charge is 2.33. The predicted octanol–water partition coefficient (Wildman–Crippen LogP) is 5.50. The lowest BCUT2D eigenvalue weighted by molar-refractivity contribution is -0.138. The zero-order valence-electron chi connectivity index (χ0n) is 11.6. The monoisotopic (exact) mass is 312 g/mol. The molecular formula is C16H14ClF3N. The van der Waals surface area contributed by atoms with Gasteiger partial charge in [-0.3, -0.25) is 4.98 Å². The number of rotatable bonds is 3. The SMILES string of the molecule is C[CH]Cc1cc(-c2ccc(Cl)cn2)c(C)c(C(F)(F)F)c1. The number of aromatic nitrogens is 1. The molecular weight excluding hydrogens is 299 g/mol. The molecule has 1 aromatic carbocycles. The molecule has 0 fully saturated rings. The van der Waals surface area contributed by atoms with Gasteiger partial charge in [-0.15, -0.1) is 0 Å². The zero-order valence-corrected chi connectivity index (χ0v) is 12.4. The van der Waals surface area contributed by atoms with Crippen LogP contribution >= 0.6 is 11.6 Å². The first-order valence-electron chi connectivity index (χ1n) is 6.43. The highest BCUT2D eigenvalue weighted by molar-refractivity contribution is 6.30. The van der Waals surface area contributed by atoms with Crippen molar-refractivity contribution < 1.29 is 13.2 Å². The summed E-state index contributed by atoms with van der Waals surface area (Å²) in [6.45, 7) is 3.28. The first kappa shape index (κ1) is 15.8. The summed E-state index contributed by atoms with van der Waals surface area (Å²) < 4.78 is 39.5.